The summed E-state index contributed by atoms with van der Waals surface area (Å²) >= 11 is 0. The minimum atomic E-state index is -3.17. The van der Waals surface area contributed by atoms with Crippen molar-refractivity contribution in [2.45, 2.75) is 0 Å². The minimum absolute atomic E-state index is 0.0839. The van der Waals surface area contributed by atoms with E-state index in [1.54, 1.807) is 4.90 Å². The number of aromatic amines is 1. The third-order valence-electron chi connectivity index (χ3n) is 3.76. The van der Waals surface area contributed by atoms with Crippen LogP contribution in [0.15, 0.2) is 30.3 Å². The highest BCUT2D eigenvalue weighted by Crippen LogP contribution is 2.17. The Labute approximate surface area is 123 Å². The minimum Gasteiger partial charge on any atom is -0.351 e. The van der Waals surface area contributed by atoms with E-state index in [2.05, 4.69) is 4.98 Å². The molecule has 0 atom stereocenters. The zero-order valence-corrected chi connectivity index (χ0v) is 12.6. The van der Waals surface area contributed by atoms with Gasteiger partial charge in [-0.15, -0.1) is 0 Å². The lowest BCUT2D eigenvalue weighted by Crippen LogP contribution is -2.50. The van der Waals surface area contributed by atoms with Gasteiger partial charge in [-0.3, -0.25) is 4.79 Å². The SMILES string of the molecule is CS(=O)(=O)N1CCN(C(=O)c2cc3ccccc3[nH]2)CC1. The zero-order chi connectivity index (χ0) is 15.0. The fourth-order valence-corrected chi connectivity index (χ4v) is 3.41. The summed E-state index contributed by atoms with van der Waals surface area (Å²) in [5.74, 6) is -0.0839. The van der Waals surface area contributed by atoms with Gasteiger partial charge in [0.2, 0.25) is 10.0 Å². The van der Waals surface area contributed by atoms with Crippen LogP contribution in [0.1, 0.15) is 10.5 Å². The van der Waals surface area contributed by atoms with Crippen LogP contribution in [0.5, 0.6) is 0 Å². The van der Waals surface area contributed by atoms with Gasteiger partial charge in [-0.05, 0) is 12.1 Å². The van der Waals surface area contributed by atoms with E-state index >= 15 is 0 Å². The second-order valence-electron chi connectivity index (χ2n) is 5.22. The summed E-state index contributed by atoms with van der Waals surface area (Å²) < 4.78 is 24.3. The molecule has 0 bridgehead atoms. The van der Waals surface area contributed by atoms with E-state index in [9.17, 15) is 13.2 Å². The molecule has 0 saturated carbocycles. The van der Waals surface area contributed by atoms with Gasteiger partial charge >= 0.3 is 0 Å². The summed E-state index contributed by atoms with van der Waals surface area (Å²) in [6, 6.07) is 9.55. The molecule has 3 rings (SSSR count). The standard InChI is InChI=1S/C14H17N3O3S/c1-21(19,20)17-8-6-16(7-9-17)14(18)13-10-11-4-2-3-5-12(11)15-13/h2-5,10,15H,6-9H2,1H3. The molecule has 1 amide bonds. The van der Waals surface area contributed by atoms with Gasteiger partial charge in [0, 0.05) is 37.1 Å². The molecule has 1 N–H and O–H groups in total. The molecule has 0 unspecified atom stereocenters. The molecular weight excluding hydrogens is 290 g/mol. The van der Waals surface area contributed by atoms with Crippen LogP contribution >= 0.6 is 0 Å². The lowest BCUT2D eigenvalue weighted by molar-refractivity contribution is 0.0693. The normalized spacial score (nSPS) is 17.3. The van der Waals surface area contributed by atoms with E-state index in [-0.39, 0.29) is 5.91 Å². The maximum atomic E-state index is 12.5. The van der Waals surface area contributed by atoms with Crippen LogP contribution < -0.4 is 0 Å². The molecule has 0 radical (unpaired) electrons. The molecule has 0 aliphatic carbocycles. The Hall–Kier alpha value is -1.86. The average molecular weight is 307 g/mol. The van der Waals surface area contributed by atoms with Crippen molar-refractivity contribution in [1.82, 2.24) is 14.2 Å². The summed E-state index contributed by atoms with van der Waals surface area (Å²) in [5, 5.41) is 0.996. The molecule has 0 spiro atoms. The molecular formula is C14H17N3O3S. The largest absolute Gasteiger partial charge is 0.351 e. The summed E-state index contributed by atoms with van der Waals surface area (Å²) in [6.45, 7) is 1.54. The quantitative estimate of drug-likeness (QED) is 0.895. The van der Waals surface area contributed by atoms with Crippen molar-refractivity contribution >= 4 is 26.8 Å². The monoisotopic (exact) mass is 307 g/mol. The number of hydrogen-bond donors (Lipinski definition) is 1. The van der Waals surface area contributed by atoms with Gasteiger partial charge in [0.1, 0.15) is 5.69 Å². The van der Waals surface area contributed by atoms with Gasteiger partial charge in [0.15, 0.2) is 0 Å². The summed E-state index contributed by atoms with van der Waals surface area (Å²) in [6.07, 6.45) is 1.20. The van der Waals surface area contributed by atoms with E-state index in [0.29, 0.717) is 31.9 Å². The molecule has 7 heteroatoms. The molecule has 2 heterocycles. The number of H-pyrrole nitrogens is 1. The maximum Gasteiger partial charge on any atom is 0.270 e. The van der Waals surface area contributed by atoms with Gasteiger partial charge in [-0.1, -0.05) is 18.2 Å². The smallest absolute Gasteiger partial charge is 0.270 e. The molecule has 1 saturated heterocycles. The second-order valence-corrected chi connectivity index (χ2v) is 7.21. The number of hydrogen-bond acceptors (Lipinski definition) is 3. The highest BCUT2D eigenvalue weighted by molar-refractivity contribution is 7.88. The van der Waals surface area contributed by atoms with Gasteiger partial charge in [-0.2, -0.15) is 4.31 Å². The van der Waals surface area contributed by atoms with Crippen molar-refractivity contribution in [3.63, 3.8) is 0 Å². The van der Waals surface area contributed by atoms with E-state index < -0.39 is 10.0 Å². The van der Waals surface area contributed by atoms with Gasteiger partial charge < -0.3 is 9.88 Å². The predicted molar refractivity (Wildman–Crippen MR) is 80.6 cm³/mol. The highest BCUT2D eigenvalue weighted by Gasteiger charge is 2.27. The molecule has 1 fully saturated rings. The van der Waals surface area contributed by atoms with Gasteiger partial charge in [-0.25, -0.2) is 8.42 Å². The number of amides is 1. The van der Waals surface area contributed by atoms with Crippen LogP contribution in [-0.4, -0.2) is 60.9 Å². The Kier molecular flexibility index (Phi) is 3.46. The van der Waals surface area contributed by atoms with Crippen LogP contribution in [0.3, 0.4) is 0 Å². The fourth-order valence-electron chi connectivity index (χ4n) is 2.58. The number of para-hydroxylation sites is 1. The Morgan fingerprint density at radius 2 is 1.81 bits per heavy atom. The topological polar surface area (TPSA) is 73.5 Å². The molecule has 1 aromatic heterocycles. The van der Waals surface area contributed by atoms with Crippen LogP contribution in [-0.2, 0) is 10.0 Å². The Bertz CT molecular complexity index is 741. The first-order valence-corrected chi connectivity index (χ1v) is 8.62. The third kappa shape index (κ3) is 2.79. The summed E-state index contributed by atoms with van der Waals surface area (Å²) in [4.78, 5) is 17.3. The number of nitrogens with zero attached hydrogens (tertiary/aromatic N) is 2. The maximum absolute atomic E-state index is 12.5. The predicted octanol–water partition coefficient (Wildman–Crippen LogP) is 0.885. The van der Waals surface area contributed by atoms with Crippen molar-refractivity contribution in [1.29, 1.82) is 0 Å². The molecule has 1 aromatic carbocycles. The molecule has 2 aromatic rings. The first-order chi connectivity index (χ1) is 9.95. The van der Waals surface area contributed by atoms with E-state index in [4.69, 9.17) is 0 Å². The van der Waals surface area contributed by atoms with Gasteiger partial charge in [0.05, 0.1) is 6.26 Å². The number of carbonyl (C=O) groups is 1. The molecule has 1 aliphatic heterocycles. The number of nitrogens with one attached hydrogen (secondary N) is 1. The number of carbonyl (C=O) groups excluding carboxylic acids is 1. The van der Waals surface area contributed by atoms with Crippen LogP contribution in [0, 0.1) is 0 Å². The lowest BCUT2D eigenvalue weighted by atomic mass is 10.2. The van der Waals surface area contributed by atoms with Crippen molar-refractivity contribution in [2.75, 3.05) is 32.4 Å². The molecule has 21 heavy (non-hydrogen) atoms. The number of fused-ring (bicyclic) bond motifs is 1. The zero-order valence-electron chi connectivity index (χ0n) is 11.7. The Morgan fingerprint density at radius 3 is 2.43 bits per heavy atom. The number of piperazine rings is 1. The van der Waals surface area contributed by atoms with Crippen molar-refractivity contribution in [2.24, 2.45) is 0 Å². The molecule has 1 aliphatic rings. The van der Waals surface area contributed by atoms with Crippen molar-refractivity contribution in [3.05, 3.63) is 36.0 Å². The number of sulfonamides is 1. The fraction of sp³-hybridized carbons (Fsp3) is 0.357. The number of benzene rings is 1. The second kappa shape index (κ2) is 5.16. The Balaban J connectivity index is 1.75. The van der Waals surface area contributed by atoms with Gasteiger partial charge in [0.25, 0.3) is 5.91 Å². The average Bonchev–Trinajstić information content (AvgIpc) is 2.89. The van der Waals surface area contributed by atoms with E-state index in [1.165, 1.54) is 10.6 Å². The van der Waals surface area contributed by atoms with E-state index in [0.717, 1.165) is 10.9 Å². The summed E-state index contributed by atoms with van der Waals surface area (Å²) in [5.41, 5.74) is 1.47. The number of rotatable bonds is 2. The van der Waals surface area contributed by atoms with Crippen molar-refractivity contribution < 1.29 is 13.2 Å². The molecule has 6 nitrogen and oxygen atoms in total. The first-order valence-electron chi connectivity index (χ1n) is 6.77. The van der Waals surface area contributed by atoms with Crippen molar-refractivity contribution in [3.8, 4) is 0 Å². The first kappa shape index (κ1) is 14.1. The summed E-state index contributed by atoms with van der Waals surface area (Å²) in [7, 11) is -3.17. The highest BCUT2D eigenvalue weighted by atomic mass is 32.2. The number of aromatic nitrogens is 1. The third-order valence-corrected chi connectivity index (χ3v) is 5.06. The van der Waals surface area contributed by atoms with Crippen LogP contribution in [0.4, 0.5) is 0 Å². The van der Waals surface area contributed by atoms with Crippen LogP contribution in [0.2, 0.25) is 0 Å². The lowest BCUT2D eigenvalue weighted by Gasteiger charge is -2.32. The van der Waals surface area contributed by atoms with E-state index in [1.807, 2.05) is 30.3 Å². The molecule has 112 valence electrons. The van der Waals surface area contributed by atoms with Crippen LogP contribution in [0.25, 0.3) is 10.9 Å². The Morgan fingerprint density at radius 1 is 1.14 bits per heavy atom.